The van der Waals surface area contributed by atoms with Gasteiger partial charge in [0.2, 0.25) is 0 Å². The molecule has 17 heavy (non-hydrogen) atoms. The van der Waals surface area contributed by atoms with Gasteiger partial charge >= 0.3 is 0 Å². The van der Waals surface area contributed by atoms with Crippen molar-refractivity contribution < 1.29 is 4.79 Å². The molecule has 0 unspecified atom stereocenters. The van der Waals surface area contributed by atoms with Crippen LogP contribution >= 0.6 is 0 Å². The van der Waals surface area contributed by atoms with E-state index < -0.39 is 5.91 Å². The van der Waals surface area contributed by atoms with Crippen LogP contribution in [0.1, 0.15) is 22.8 Å². The smallest absolute Gasteiger partial charge is 0.250 e. The first-order valence-corrected chi connectivity index (χ1v) is 5.57. The third kappa shape index (κ3) is 2.18. The highest BCUT2D eigenvalue weighted by Gasteiger charge is 2.12. The van der Waals surface area contributed by atoms with Crippen LogP contribution in [0.5, 0.6) is 0 Å². The molecule has 0 aliphatic rings. The molecule has 0 spiro atoms. The minimum atomic E-state index is -0.445. The number of carbonyl (C=O) groups excluding carboxylic acids is 1. The summed E-state index contributed by atoms with van der Waals surface area (Å²) >= 11 is 0. The summed E-state index contributed by atoms with van der Waals surface area (Å²) in [4.78, 5) is 15.7. The van der Waals surface area contributed by atoms with Crippen LogP contribution in [0.3, 0.4) is 0 Å². The molecule has 2 rings (SSSR count). The fourth-order valence-electron chi connectivity index (χ4n) is 1.88. The molecule has 2 N–H and O–H groups in total. The summed E-state index contributed by atoms with van der Waals surface area (Å²) in [5, 5.41) is 0. The number of aromatic nitrogens is 1. The Labute approximate surface area is 100 Å². The summed E-state index contributed by atoms with van der Waals surface area (Å²) in [7, 11) is 0. The second-order valence-electron chi connectivity index (χ2n) is 3.77. The maximum Gasteiger partial charge on any atom is 0.250 e. The second-order valence-corrected chi connectivity index (χ2v) is 3.77. The van der Waals surface area contributed by atoms with E-state index in [1.807, 2.05) is 24.3 Å². The van der Waals surface area contributed by atoms with Gasteiger partial charge < -0.3 is 5.73 Å². The molecule has 3 heteroatoms. The Kier molecular flexibility index (Phi) is 3.19. The zero-order chi connectivity index (χ0) is 12.3. The first-order chi connectivity index (χ1) is 8.24. The van der Waals surface area contributed by atoms with E-state index in [4.69, 9.17) is 5.73 Å². The first kappa shape index (κ1) is 11.3. The monoisotopic (exact) mass is 226 g/mol. The molecule has 1 amide bonds. The van der Waals surface area contributed by atoms with E-state index in [0.29, 0.717) is 11.3 Å². The van der Waals surface area contributed by atoms with Crippen molar-refractivity contribution in [3.05, 3.63) is 53.7 Å². The van der Waals surface area contributed by atoms with E-state index in [-0.39, 0.29) is 0 Å². The third-order valence-electron chi connectivity index (χ3n) is 2.73. The van der Waals surface area contributed by atoms with Gasteiger partial charge in [0.15, 0.2) is 0 Å². The van der Waals surface area contributed by atoms with Gasteiger partial charge in [-0.15, -0.1) is 0 Å². The summed E-state index contributed by atoms with van der Waals surface area (Å²) in [5.41, 5.74) is 8.63. The minimum absolute atomic E-state index is 0.445. The van der Waals surface area contributed by atoms with E-state index in [1.165, 1.54) is 0 Å². The Morgan fingerprint density at radius 3 is 2.71 bits per heavy atom. The molecule has 0 saturated carbocycles. The zero-order valence-electron chi connectivity index (χ0n) is 9.68. The summed E-state index contributed by atoms with van der Waals surface area (Å²) in [6, 6.07) is 11.3. The Hall–Kier alpha value is -2.16. The molecular weight excluding hydrogens is 212 g/mol. The van der Waals surface area contributed by atoms with Crippen molar-refractivity contribution in [3.8, 4) is 11.3 Å². The Morgan fingerprint density at radius 1 is 1.24 bits per heavy atom. The molecule has 0 bridgehead atoms. The predicted molar refractivity (Wildman–Crippen MR) is 67.6 cm³/mol. The number of hydrogen-bond donors (Lipinski definition) is 1. The van der Waals surface area contributed by atoms with Crippen LogP contribution in [0, 0.1) is 0 Å². The van der Waals surface area contributed by atoms with Crippen molar-refractivity contribution in [3.63, 3.8) is 0 Å². The van der Waals surface area contributed by atoms with Gasteiger partial charge in [-0.05, 0) is 24.1 Å². The maximum atomic E-state index is 11.4. The van der Waals surface area contributed by atoms with E-state index in [9.17, 15) is 4.79 Å². The number of nitrogens with two attached hydrogens (primary N) is 1. The summed E-state index contributed by atoms with van der Waals surface area (Å²) in [6.45, 7) is 2.08. The number of benzene rings is 1. The van der Waals surface area contributed by atoms with E-state index in [2.05, 4.69) is 11.9 Å². The highest BCUT2D eigenvalue weighted by molar-refractivity contribution is 5.99. The van der Waals surface area contributed by atoms with Crippen molar-refractivity contribution in [1.29, 1.82) is 0 Å². The van der Waals surface area contributed by atoms with Crippen molar-refractivity contribution >= 4 is 5.91 Å². The minimum Gasteiger partial charge on any atom is -0.366 e. The largest absolute Gasteiger partial charge is 0.366 e. The fourth-order valence-corrected chi connectivity index (χ4v) is 1.88. The molecule has 0 atom stereocenters. The number of aryl methyl sites for hydroxylation is 1. The van der Waals surface area contributed by atoms with Gasteiger partial charge in [0.25, 0.3) is 5.91 Å². The van der Waals surface area contributed by atoms with Gasteiger partial charge in [-0.3, -0.25) is 9.78 Å². The van der Waals surface area contributed by atoms with Crippen LogP contribution < -0.4 is 5.73 Å². The number of carbonyl (C=O) groups is 1. The van der Waals surface area contributed by atoms with Gasteiger partial charge in [0.1, 0.15) is 0 Å². The molecule has 0 aliphatic heterocycles. The molecule has 0 fully saturated rings. The van der Waals surface area contributed by atoms with Gasteiger partial charge in [0.05, 0.1) is 11.3 Å². The molecule has 1 aromatic heterocycles. The standard InChI is InChI=1S/C14H14N2O/c1-2-10-6-3-4-7-11(10)13-12(14(15)17)8-5-9-16-13/h3-9H,2H2,1H3,(H2,15,17). The quantitative estimate of drug-likeness (QED) is 0.873. The Bertz CT molecular complexity index is 549. The van der Waals surface area contributed by atoms with Crippen LogP contribution in [0.4, 0.5) is 0 Å². The maximum absolute atomic E-state index is 11.4. The summed E-state index contributed by atoms with van der Waals surface area (Å²) in [6.07, 6.45) is 2.57. The van der Waals surface area contributed by atoms with Crippen LogP contribution in [0.25, 0.3) is 11.3 Å². The molecule has 1 heterocycles. The summed E-state index contributed by atoms with van der Waals surface area (Å²) in [5.74, 6) is -0.445. The first-order valence-electron chi connectivity index (χ1n) is 5.57. The highest BCUT2D eigenvalue weighted by atomic mass is 16.1. The molecule has 0 radical (unpaired) electrons. The van der Waals surface area contributed by atoms with Crippen LogP contribution in [-0.2, 0) is 6.42 Å². The average molecular weight is 226 g/mol. The number of rotatable bonds is 3. The molecule has 86 valence electrons. The lowest BCUT2D eigenvalue weighted by Crippen LogP contribution is -2.13. The normalized spacial score (nSPS) is 10.2. The number of nitrogens with zero attached hydrogens (tertiary/aromatic N) is 1. The van der Waals surface area contributed by atoms with Crippen LogP contribution in [0.15, 0.2) is 42.6 Å². The van der Waals surface area contributed by atoms with Gasteiger partial charge in [0, 0.05) is 11.8 Å². The molecule has 1 aromatic carbocycles. The third-order valence-corrected chi connectivity index (χ3v) is 2.73. The summed E-state index contributed by atoms with van der Waals surface area (Å²) < 4.78 is 0. The van der Waals surface area contributed by atoms with E-state index >= 15 is 0 Å². The lowest BCUT2D eigenvalue weighted by molar-refractivity contribution is 0.100. The lowest BCUT2D eigenvalue weighted by atomic mass is 9.98. The number of amides is 1. The molecule has 3 nitrogen and oxygen atoms in total. The second kappa shape index (κ2) is 4.78. The van der Waals surface area contributed by atoms with E-state index in [1.54, 1.807) is 18.3 Å². The fraction of sp³-hybridized carbons (Fsp3) is 0.143. The Balaban J connectivity index is 2.64. The van der Waals surface area contributed by atoms with Crippen LogP contribution in [0.2, 0.25) is 0 Å². The molecule has 0 aliphatic carbocycles. The molecule has 2 aromatic rings. The number of pyridine rings is 1. The van der Waals surface area contributed by atoms with Gasteiger partial charge in [-0.1, -0.05) is 31.2 Å². The van der Waals surface area contributed by atoms with E-state index in [0.717, 1.165) is 17.5 Å². The van der Waals surface area contributed by atoms with Crippen molar-refractivity contribution in [2.24, 2.45) is 5.73 Å². The van der Waals surface area contributed by atoms with Crippen molar-refractivity contribution in [2.75, 3.05) is 0 Å². The highest BCUT2D eigenvalue weighted by Crippen LogP contribution is 2.25. The predicted octanol–water partition coefficient (Wildman–Crippen LogP) is 2.41. The van der Waals surface area contributed by atoms with Crippen molar-refractivity contribution in [2.45, 2.75) is 13.3 Å². The average Bonchev–Trinajstić information content (AvgIpc) is 2.38. The topological polar surface area (TPSA) is 56.0 Å². The SMILES string of the molecule is CCc1ccccc1-c1ncccc1C(N)=O. The van der Waals surface area contributed by atoms with Crippen LogP contribution in [-0.4, -0.2) is 10.9 Å². The lowest BCUT2D eigenvalue weighted by Gasteiger charge is -2.09. The van der Waals surface area contributed by atoms with Gasteiger partial charge in [-0.2, -0.15) is 0 Å². The number of hydrogen-bond acceptors (Lipinski definition) is 2. The number of primary amides is 1. The zero-order valence-corrected chi connectivity index (χ0v) is 9.68. The Morgan fingerprint density at radius 2 is 2.00 bits per heavy atom. The molecule has 0 saturated heterocycles. The van der Waals surface area contributed by atoms with Gasteiger partial charge in [-0.25, -0.2) is 0 Å². The van der Waals surface area contributed by atoms with Crippen molar-refractivity contribution in [1.82, 2.24) is 4.98 Å². The molecular formula is C14H14N2O.